The Hall–Kier alpha value is -1.91. The van der Waals surface area contributed by atoms with Crippen molar-refractivity contribution in [2.75, 3.05) is 11.4 Å². The molecule has 90 valence electrons. The van der Waals surface area contributed by atoms with Crippen LogP contribution in [0.4, 0.5) is 10.1 Å². The molecule has 17 heavy (non-hydrogen) atoms. The van der Waals surface area contributed by atoms with E-state index in [4.69, 9.17) is 5.11 Å². The molecule has 0 aliphatic carbocycles. The minimum Gasteiger partial charge on any atom is -0.478 e. The molecule has 1 aromatic rings. The van der Waals surface area contributed by atoms with Gasteiger partial charge in [0.15, 0.2) is 0 Å². The molecule has 1 aliphatic heterocycles. The van der Waals surface area contributed by atoms with Crippen LogP contribution in [0, 0.1) is 5.82 Å². The van der Waals surface area contributed by atoms with E-state index < -0.39 is 11.8 Å². The molecule has 1 heterocycles. The molecule has 0 atom stereocenters. The van der Waals surface area contributed by atoms with E-state index in [-0.39, 0.29) is 17.2 Å². The van der Waals surface area contributed by atoms with Crippen LogP contribution in [0.5, 0.6) is 0 Å². The number of carbonyl (C=O) groups is 2. The molecule has 1 aliphatic rings. The molecule has 0 bridgehead atoms. The molecule has 4 nitrogen and oxygen atoms in total. The highest BCUT2D eigenvalue weighted by molar-refractivity contribution is 5.95. The van der Waals surface area contributed by atoms with Crippen LogP contribution in [0.3, 0.4) is 0 Å². The molecule has 2 rings (SSSR count). The number of benzene rings is 1. The highest BCUT2D eigenvalue weighted by atomic mass is 19.1. The van der Waals surface area contributed by atoms with E-state index in [1.54, 1.807) is 0 Å². The number of anilines is 1. The molecule has 1 fully saturated rings. The smallest absolute Gasteiger partial charge is 0.335 e. The number of aromatic carboxylic acids is 1. The lowest BCUT2D eigenvalue weighted by Gasteiger charge is -2.27. The fourth-order valence-corrected chi connectivity index (χ4v) is 1.92. The summed E-state index contributed by atoms with van der Waals surface area (Å²) in [5.74, 6) is -1.96. The van der Waals surface area contributed by atoms with Crippen molar-refractivity contribution >= 4 is 17.6 Å². The van der Waals surface area contributed by atoms with Crippen molar-refractivity contribution in [3.63, 3.8) is 0 Å². The summed E-state index contributed by atoms with van der Waals surface area (Å²) < 4.78 is 13.7. The van der Waals surface area contributed by atoms with Crippen LogP contribution in [-0.2, 0) is 4.79 Å². The van der Waals surface area contributed by atoms with Crippen molar-refractivity contribution in [1.29, 1.82) is 0 Å². The molecule has 5 heteroatoms. The first-order valence-electron chi connectivity index (χ1n) is 5.43. The van der Waals surface area contributed by atoms with E-state index in [9.17, 15) is 14.0 Å². The standard InChI is InChI=1S/C12H12FNO3/c13-9-7-8(12(16)17)4-5-10(9)14-6-2-1-3-11(14)15/h4-5,7H,1-3,6H2,(H,16,17). The van der Waals surface area contributed by atoms with Gasteiger partial charge in [-0.25, -0.2) is 9.18 Å². The van der Waals surface area contributed by atoms with E-state index in [1.807, 2.05) is 0 Å². The fraction of sp³-hybridized carbons (Fsp3) is 0.333. The maximum absolute atomic E-state index is 13.7. The van der Waals surface area contributed by atoms with Gasteiger partial charge in [-0.2, -0.15) is 0 Å². The molecule has 1 aromatic carbocycles. The number of carboxylic acids is 1. The van der Waals surface area contributed by atoms with Crippen molar-refractivity contribution in [3.05, 3.63) is 29.6 Å². The van der Waals surface area contributed by atoms with Crippen LogP contribution >= 0.6 is 0 Å². The molecular formula is C12H12FNO3. The van der Waals surface area contributed by atoms with Gasteiger partial charge in [0.05, 0.1) is 11.3 Å². The number of hydrogen-bond acceptors (Lipinski definition) is 2. The van der Waals surface area contributed by atoms with Gasteiger partial charge in [0.25, 0.3) is 0 Å². The molecule has 0 unspecified atom stereocenters. The molecule has 0 spiro atoms. The largest absolute Gasteiger partial charge is 0.478 e. The third kappa shape index (κ3) is 2.27. The SMILES string of the molecule is O=C(O)c1ccc(N2CCCCC2=O)c(F)c1. The number of piperidine rings is 1. The summed E-state index contributed by atoms with van der Waals surface area (Å²) >= 11 is 0. The first kappa shape index (κ1) is 11.6. The Labute approximate surface area is 97.7 Å². The van der Waals surface area contributed by atoms with Crippen molar-refractivity contribution in [2.24, 2.45) is 0 Å². The molecule has 0 aromatic heterocycles. The summed E-state index contributed by atoms with van der Waals surface area (Å²) in [6, 6.07) is 3.60. The van der Waals surface area contributed by atoms with Gasteiger partial charge in [0.1, 0.15) is 5.82 Å². The monoisotopic (exact) mass is 237 g/mol. The number of carboxylic acid groups (broad SMARTS) is 1. The van der Waals surface area contributed by atoms with Crippen molar-refractivity contribution in [3.8, 4) is 0 Å². The van der Waals surface area contributed by atoms with Gasteiger partial charge < -0.3 is 10.0 Å². The summed E-state index contributed by atoms with van der Waals surface area (Å²) in [4.78, 5) is 23.6. The predicted octanol–water partition coefficient (Wildman–Crippen LogP) is 2.04. The van der Waals surface area contributed by atoms with Gasteiger partial charge >= 0.3 is 5.97 Å². The second-order valence-corrected chi connectivity index (χ2v) is 3.97. The van der Waals surface area contributed by atoms with Crippen molar-refractivity contribution in [2.45, 2.75) is 19.3 Å². The summed E-state index contributed by atoms with van der Waals surface area (Å²) in [5, 5.41) is 8.72. The van der Waals surface area contributed by atoms with Crippen LogP contribution in [0.2, 0.25) is 0 Å². The lowest BCUT2D eigenvalue weighted by Crippen LogP contribution is -2.35. The number of amides is 1. The summed E-state index contributed by atoms with van der Waals surface area (Å²) in [6.45, 7) is 0.488. The minimum absolute atomic E-state index is 0.113. The Kier molecular flexibility index (Phi) is 3.08. The van der Waals surface area contributed by atoms with Crippen LogP contribution in [0.1, 0.15) is 29.6 Å². The number of rotatable bonds is 2. The maximum Gasteiger partial charge on any atom is 0.335 e. The van der Waals surface area contributed by atoms with Crippen LogP contribution in [-0.4, -0.2) is 23.5 Å². The van der Waals surface area contributed by atoms with E-state index in [0.29, 0.717) is 13.0 Å². The average molecular weight is 237 g/mol. The molecule has 0 radical (unpaired) electrons. The van der Waals surface area contributed by atoms with Crippen LogP contribution in [0.25, 0.3) is 0 Å². The third-order valence-electron chi connectivity index (χ3n) is 2.81. The highest BCUT2D eigenvalue weighted by Gasteiger charge is 2.22. The van der Waals surface area contributed by atoms with E-state index in [0.717, 1.165) is 18.9 Å². The first-order valence-corrected chi connectivity index (χ1v) is 5.43. The summed E-state index contributed by atoms with van der Waals surface area (Å²) in [6.07, 6.45) is 2.08. The fourth-order valence-electron chi connectivity index (χ4n) is 1.92. The number of carbonyl (C=O) groups excluding carboxylic acids is 1. The van der Waals surface area contributed by atoms with E-state index >= 15 is 0 Å². The Morgan fingerprint density at radius 2 is 2.12 bits per heavy atom. The van der Waals surface area contributed by atoms with Gasteiger partial charge in [0.2, 0.25) is 5.91 Å². The second kappa shape index (κ2) is 4.53. The predicted molar refractivity (Wildman–Crippen MR) is 59.6 cm³/mol. The van der Waals surface area contributed by atoms with Gasteiger partial charge in [0, 0.05) is 13.0 Å². The summed E-state index contributed by atoms with van der Waals surface area (Å²) in [5.41, 5.74) is 0.0513. The van der Waals surface area contributed by atoms with Gasteiger partial charge in [-0.3, -0.25) is 4.79 Å². The lowest BCUT2D eigenvalue weighted by atomic mass is 10.1. The Morgan fingerprint density at radius 3 is 2.71 bits per heavy atom. The van der Waals surface area contributed by atoms with Crippen molar-refractivity contribution in [1.82, 2.24) is 0 Å². The Balaban J connectivity index is 2.32. The zero-order chi connectivity index (χ0) is 12.4. The second-order valence-electron chi connectivity index (χ2n) is 3.97. The number of hydrogen-bond donors (Lipinski definition) is 1. The Bertz CT molecular complexity index is 473. The van der Waals surface area contributed by atoms with Gasteiger partial charge in [-0.05, 0) is 31.0 Å². The normalized spacial score (nSPS) is 16.1. The van der Waals surface area contributed by atoms with Crippen LogP contribution < -0.4 is 4.90 Å². The van der Waals surface area contributed by atoms with E-state index in [1.165, 1.54) is 17.0 Å². The zero-order valence-electron chi connectivity index (χ0n) is 9.15. The topological polar surface area (TPSA) is 57.6 Å². The average Bonchev–Trinajstić information content (AvgIpc) is 2.30. The highest BCUT2D eigenvalue weighted by Crippen LogP contribution is 2.24. The zero-order valence-corrected chi connectivity index (χ0v) is 9.15. The molecule has 1 N–H and O–H groups in total. The van der Waals surface area contributed by atoms with E-state index in [2.05, 4.69) is 0 Å². The molecule has 1 amide bonds. The lowest BCUT2D eigenvalue weighted by molar-refractivity contribution is -0.119. The minimum atomic E-state index is -1.18. The van der Waals surface area contributed by atoms with Gasteiger partial charge in [-0.15, -0.1) is 0 Å². The maximum atomic E-state index is 13.7. The quantitative estimate of drug-likeness (QED) is 0.856. The molecular weight excluding hydrogens is 225 g/mol. The number of nitrogens with zero attached hydrogens (tertiary/aromatic N) is 1. The van der Waals surface area contributed by atoms with Crippen molar-refractivity contribution < 1.29 is 19.1 Å². The summed E-state index contributed by atoms with van der Waals surface area (Å²) in [7, 11) is 0. The molecule has 0 saturated carbocycles. The van der Waals surface area contributed by atoms with Crippen LogP contribution in [0.15, 0.2) is 18.2 Å². The molecule has 1 saturated heterocycles. The Morgan fingerprint density at radius 1 is 1.35 bits per heavy atom. The number of halogens is 1. The first-order chi connectivity index (χ1) is 8.09. The third-order valence-corrected chi connectivity index (χ3v) is 2.81. The van der Waals surface area contributed by atoms with Gasteiger partial charge in [-0.1, -0.05) is 0 Å².